The molecule has 138 valence electrons. The number of carbonyl (C=O) groups excluding carboxylic acids is 1. The van der Waals surface area contributed by atoms with Crippen molar-refractivity contribution in [1.82, 2.24) is 19.9 Å². The van der Waals surface area contributed by atoms with Gasteiger partial charge in [0, 0.05) is 16.5 Å². The molecule has 6 nitrogen and oxygen atoms in total. The number of H-pyrrole nitrogens is 1. The van der Waals surface area contributed by atoms with Gasteiger partial charge in [0.25, 0.3) is 0 Å². The van der Waals surface area contributed by atoms with Crippen molar-refractivity contribution in [1.29, 1.82) is 0 Å². The van der Waals surface area contributed by atoms with E-state index in [0.717, 1.165) is 49.8 Å². The Kier molecular flexibility index (Phi) is 4.06. The Morgan fingerprint density at radius 3 is 2.63 bits per heavy atom. The van der Waals surface area contributed by atoms with Crippen LogP contribution in [-0.4, -0.2) is 32.0 Å². The molecule has 27 heavy (non-hydrogen) atoms. The molecule has 0 saturated carbocycles. The van der Waals surface area contributed by atoms with E-state index in [9.17, 15) is 4.79 Å². The second-order valence-electron chi connectivity index (χ2n) is 7.07. The number of rotatable bonds is 3. The van der Waals surface area contributed by atoms with Crippen molar-refractivity contribution in [3.63, 3.8) is 0 Å². The first-order chi connectivity index (χ1) is 12.9. The van der Waals surface area contributed by atoms with Crippen LogP contribution in [0.25, 0.3) is 32.8 Å². The number of carbonyl (C=O) groups is 1. The summed E-state index contributed by atoms with van der Waals surface area (Å²) in [6.07, 6.45) is 2.11. The fourth-order valence-corrected chi connectivity index (χ4v) is 3.51. The number of aromatic amines is 1. The molecular weight excluding hydrogens is 340 g/mol. The number of pyridine rings is 1. The van der Waals surface area contributed by atoms with E-state index in [1.165, 1.54) is 0 Å². The van der Waals surface area contributed by atoms with Gasteiger partial charge in [0.05, 0.1) is 40.1 Å². The van der Waals surface area contributed by atoms with Crippen LogP contribution in [-0.2, 0) is 11.2 Å². The van der Waals surface area contributed by atoms with Crippen LogP contribution < -0.4 is 0 Å². The molecule has 4 rings (SSSR count). The Morgan fingerprint density at radius 1 is 1.15 bits per heavy atom. The van der Waals surface area contributed by atoms with E-state index in [0.29, 0.717) is 12.1 Å². The molecule has 0 amide bonds. The lowest BCUT2D eigenvalue weighted by atomic mass is 10.0. The molecular formula is C21H22N4O2. The molecule has 4 aromatic rings. The molecule has 3 heterocycles. The van der Waals surface area contributed by atoms with E-state index >= 15 is 0 Å². The van der Waals surface area contributed by atoms with Crippen LogP contribution in [0.15, 0.2) is 18.3 Å². The third-order valence-corrected chi connectivity index (χ3v) is 4.84. The van der Waals surface area contributed by atoms with Gasteiger partial charge in [-0.2, -0.15) is 0 Å². The van der Waals surface area contributed by atoms with Gasteiger partial charge in [-0.1, -0.05) is 6.92 Å². The van der Waals surface area contributed by atoms with Gasteiger partial charge in [-0.05, 0) is 51.8 Å². The fourth-order valence-electron chi connectivity index (χ4n) is 3.51. The highest BCUT2D eigenvalue weighted by Gasteiger charge is 2.22. The monoisotopic (exact) mass is 362 g/mol. The second kappa shape index (κ2) is 6.30. The molecule has 0 spiro atoms. The molecule has 3 aromatic heterocycles. The van der Waals surface area contributed by atoms with Crippen molar-refractivity contribution < 1.29 is 9.53 Å². The Morgan fingerprint density at radius 2 is 1.93 bits per heavy atom. The molecule has 0 radical (unpaired) electrons. The zero-order chi connectivity index (χ0) is 19.3. The van der Waals surface area contributed by atoms with Crippen molar-refractivity contribution in [2.45, 2.75) is 47.1 Å². The highest BCUT2D eigenvalue weighted by atomic mass is 16.5. The fraction of sp³-hybridized carbons (Fsp3) is 0.333. The molecule has 0 saturated heterocycles. The molecule has 0 unspecified atom stereocenters. The average molecular weight is 362 g/mol. The van der Waals surface area contributed by atoms with E-state index in [4.69, 9.17) is 14.7 Å². The number of hydrogen-bond acceptors (Lipinski definition) is 5. The van der Waals surface area contributed by atoms with Gasteiger partial charge in [0.15, 0.2) is 5.69 Å². The lowest BCUT2D eigenvalue weighted by molar-refractivity contribution is 0.0370. The predicted octanol–water partition coefficient (Wildman–Crippen LogP) is 4.40. The molecule has 1 aromatic carbocycles. The minimum Gasteiger partial charge on any atom is -0.458 e. The third kappa shape index (κ3) is 2.72. The number of benzene rings is 1. The lowest BCUT2D eigenvalue weighted by Crippen LogP contribution is -2.15. The summed E-state index contributed by atoms with van der Waals surface area (Å²) in [5.74, 6) is -0.398. The Labute approximate surface area is 157 Å². The maximum absolute atomic E-state index is 12.6. The number of hydrogen-bond donors (Lipinski definition) is 1. The Balaban J connectivity index is 2.12. The minimum absolute atomic E-state index is 0.197. The van der Waals surface area contributed by atoms with Crippen LogP contribution in [0.5, 0.6) is 0 Å². The van der Waals surface area contributed by atoms with Gasteiger partial charge in [-0.3, -0.25) is 0 Å². The molecule has 0 aliphatic heterocycles. The summed E-state index contributed by atoms with van der Waals surface area (Å²) in [6, 6.07) is 3.98. The smallest absolute Gasteiger partial charge is 0.357 e. The lowest BCUT2D eigenvalue weighted by Gasteiger charge is -2.11. The molecule has 0 bridgehead atoms. The molecule has 0 atom stereocenters. The standard InChI is InChI=1S/C21H22N4O2/c1-6-13-17-16(9-22-19(13)21(26)27-10(2)3)25-14-7-8-15-20(18(14)17)24-12(5)11(4)23-15/h7-10,23H,6H2,1-5H3. The van der Waals surface area contributed by atoms with E-state index in [-0.39, 0.29) is 6.10 Å². The predicted molar refractivity (Wildman–Crippen MR) is 106 cm³/mol. The van der Waals surface area contributed by atoms with Crippen LogP contribution in [0.1, 0.15) is 48.2 Å². The highest BCUT2D eigenvalue weighted by molar-refractivity contribution is 6.20. The quantitative estimate of drug-likeness (QED) is 0.546. The third-order valence-electron chi connectivity index (χ3n) is 4.84. The van der Waals surface area contributed by atoms with Crippen LogP contribution >= 0.6 is 0 Å². The summed E-state index contributed by atoms with van der Waals surface area (Å²) < 4.78 is 5.39. The van der Waals surface area contributed by atoms with Gasteiger partial charge in [0.2, 0.25) is 0 Å². The van der Waals surface area contributed by atoms with E-state index in [1.54, 1.807) is 6.20 Å². The van der Waals surface area contributed by atoms with Gasteiger partial charge in [0.1, 0.15) is 0 Å². The van der Waals surface area contributed by atoms with E-state index in [1.807, 2.05) is 46.8 Å². The van der Waals surface area contributed by atoms with E-state index < -0.39 is 5.97 Å². The van der Waals surface area contributed by atoms with Crippen LogP contribution in [0.2, 0.25) is 0 Å². The van der Waals surface area contributed by atoms with Gasteiger partial charge >= 0.3 is 5.97 Å². The molecule has 0 aliphatic carbocycles. The number of aryl methyl sites for hydroxylation is 3. The molecule has 0 fully saturated rings. The number of aromatic nitrogens is 4. The molecule has 0 aliphatic rings. The van der Waals surface area contributed by atoms with Gasteiger partial charge in [-0.25, -0.2) is 19.7 Å². The second-order valence-corrected chi connectivity index (χ2v) is 7.07. The first kappa shape index (κ1) is 17.4. The van der Waals surface area contributed by atoms with Crippen molar-refractivity contribution >= 4 is 38.8 Å². The topological polar surface area (TPSA) is 80.8 Å². The summed E-state index contributed by atoms with van der Waals surface area (Å²) >= 11 is 0. The van der Waals surface area contributed by atoms with Crippen LogP contribution in [0.3, 0.4) is 0 Å². The Bertz CT molecular complexity index is 1210. The molecule has 1 N–H and O–H groups in total. The van der Waals surface area contributed by atoms with Crippen molar-refractivity contribution in [3.8, 4) is 0 Å². The van der Waals surface area contributed by atoms with Gasteiger partial charge < -0.3 is 9.72 Å². The first-order valence-electron chi connectivity index (χ1n) is 9.18. The number of nitrogens with one attached hydrogen (secondary N) is 1. The zero-order valence-corrected chi connectivity index (χ0v) is 16.2. The summed E-state index contributed by atoms with van der Waals surface area (Å²) in [5.41, 5.74) is 6.63. The highest BCUT2D eigenvalue weighted by Crippen LogP contribution is 2.34. The SMILES string of the molecule is CCc1c(C(=O)OC(C)C)ncc2nc3ccc4[nH]c(C)c(C)nc4c3c12. The largest absolute Gasteiger partial charge is 0.458 e. The first-order valence-corrected chi connectivity index (χ1v) is 9.18. The van der Waals surface area contributed by atoms with Crippen LogP contribution in [0, 0.1) is 13.8 Å². The summed E-state index contributed by atoms with van der Waals surface area (Å²) in [7, 11) is 0. The summed E-state index contributed by atoms with van der Waals surface area (Å²) in [5, 5.41) is 1.90. The maximum atomic E-state index is 12.6. The number of nitrogens with zero attached hydrogens (tertiary/aromatic N) is 3. The average Bonchev–Trinajstić information content (AvgIpc) is 3.00. The maximum Gasteiger partial charge on any atom is 0.357 e. The normalized spacial score (nSPS) is 11.8. The summed E-state index contributed by atoms with van der Waals surface area (Å²) in [6.45, 7) is 9.67. The van der Waals surface area contributed by atoms with Crippen molar-refractivity contribution in [2.75, 3.05) is 0 Å². The minimum atomic E-state index is -0.398. The van der Waals surface area contributed by atoms with Crippen molar-refractivity contribution in [3.05, 3.63) is 41.0 Å². The number of esters is 1. The van der Waals surface area contributed by atoms with Crippen molar-refractivity contribution in [2.24, 2.45) is 0 Å². The Hall–Kier alpha value is -3.02. The molecule has 6 heteroatoms. The number of fused-ring (bicyclic) bond motifs is 5. The van der Waals surface area contributed by atoms with Gasteiger partial charge in [-0.15, -0.1) is 0 Å². The van der Waals surface area contributed by atoms with Crippen LogP contribution in [0.4, 0.5) is 0 Å². The zero-order valence-electron chi connectivity index (χ0n) is 16.2. The number of ether oxygens (including phenoxy) is 1. The summed E-state index contributed by atoms with van der Waals surface area (Å²) in [4.78, 5) is 29.9. The van der Waals surface area contributed by atoms with E-state index in [2.05, 4.69) is 9.97 Å².